The van der Waals surface area contributed by atoms with Crippen LogP contribution in [-0.2, 0) is 16.6 Å². The lowest BCUT2D eigenvalue weighted by Gasteiger charge is -2.50. The highest BCUT2D eigenvalue weighted by atomic mass is 16.5. The molecule has 160 valence electrons. The Morgan fingerprint density at radius 1 is 1.13 bits per heavy atom. The predicted molar refractivity (Wildman–Crippen MR) is 112 cm³/mol. The van der Waals surface area contributed by atoms with E-state index in [9.17, 15) is 9.59 Å². The van der Waals surface area contributed by atoms with E-state index in [0.717, 1.165) is 16.7 Å². The summed E-state index contributed by atoms with van der Waals surface area (Å²) in [4.78, 5) is 33.8. The van der Waals surface area contributed by atoms with Crippen molar-refractivity contribution in [1.82, 2.24) is 29.5 Å². The van der Waals surface area contributed by atoms with Crippen LogP contribution in [0, 0.1) is 5.41 Å². The highest BCUT2D eigenvalue weighted by Crippen LogP contribution is 2.48. The van der Waals surface area contributed by atoms with Crippen LogP contribution < -0.4 is 0 Å². The number of nitrogens with zero attached hydrogens (tertiary/aromatic N) is 6. The molecule has 1 aromatic carbocycles. The van der Waals surface area contributed by atoms with Gasteiger partial charge in [-0.3, -0.25) is 9.59 Å². The average molecular weight is 420 g/mol. The normalized spacial score (nSPS) is 19.7. The number of hydrogen-bond donors (Lipinski definition) is 0. The zero-order chi connectivity index (χ0) is 21.6. The van der Waals surface area contributed by atoms with Crippen LogP contribution in [0.3, 0.4) is 0 Å². The summed E-state index contributed by atoms with van der Waals surface area (Å²) in [5, 5.41) is 9.33. The molecule has 1 atom stereocenters. The van der Waals surface area contributed by atoms with Gasteiger partial charge in [-0.1, -0.05) is 24.3 Å². The Bertz CT molecular complexity index is 1150. The smallest absolute Gasteiger partial charge is 0.272 e. The van der Waals surface area contributed by atoms with Crippen LogP contribution in [0.25, 0.3) is 10.9 Å². The zero-order valence-electron chi connectivity index (χ0n) is 17.6. The van der Waals surface area contributed by atoms with Crippen LogP contribution in [-0.4, -0.2) is 81.3 Å². The predicted octanol–water partition coefficient (Wildman–Crippen LogP) is 1.08. The van der Waals surface area contributed by atoms with Crippen molar-refractivity contribution < 1.29 is 14.3 Å². The first-order valence-corrected chi connectivity index (χ1v) is 10.3. The number of benzene rings is 1. The monoisotopic (exact) mass is 420 g/mol. The number of carbonyl (C=O) groups excluding carboxylic acids is 2. The van der Waals surface area contributed by atoms with Gasteiger partial charge in [-0.25, -0.2) is 4.98 Å². The van der Waals surface area contributed by atoms with Gasteiger partial charge in [0.2, 0.25) is 5.91 Å². The molecular formula is C22H24N6O3. The first kappa shape index (κ1) is 19.6. The largest absolute Gasteiger partial charge is 0.375 e. The number of carbonyl (C=O) groups is 2. The molecule has 0 N–H and O–H groups in total. The van der Waals surface area contributed by atoms with Gasteiger partial charge in [0, 0.05) is 57.1 Å². The Morgan fingerprint density at radius 2 is 1.90 bits per heavy atom. The molecule has 0 saturated carbocycles. The van der Waals surface area contributed by atoms with Crippen molar-refractivity contribution in [2.75, 3.05) is 39.9 Å². The summed E-state index contributed by atoms with van der Waals surface area (Å²) in [6.07, 6.45) is 1.67. The van der Waals surface area contributed by atoms with E-state index in [2.05, 4.69) is 15.2 Å². The van der Waals surface area contributed by atoms with Gasteiger partial charge in [0.1, 0.15) is 24.5 Å². The van der Waals surface area contributed by atoms with E-state index < -0.39 is 0 Å². The standard InChI is InChI=1S/C22H24N6O3/c1-26-14-23-25-20(26)16-9-27(19(29)10-31-2)11-22(16)12-28(13-22)21(30)18-8-7-15-5-3-4-6-17(15)24-18/h3-8,14,16H,9-13H2,1-2H3. The lowest BCUT2D eigenvalue weighted by atomic mass is 9.71. The number of aryl methyl sites for hydroxylation is 1. The van der Waals surface area contributed by atoms with Crippen LogP contribution >= 0.6 is 0 Å². The number of rotatable bonds is 4. The summed E-state index contributed by atoms with van der Waals surface area (Å²) in [6.45, 7) is 2.27. The number of hydrogen-bond acceptors (Lipinski definition) is 6. The lowest BCUT2D eigenvalue weighted by molar-refractivity contribution is -0.134. The Morgan fingerprint density at radius 3 is 2.65 bits per heavy atom. The van der Waals surface area contributed by atoms with Gasteiger partial charge in [-0.2, -0.15) is 0 Å². The Balaban J connectivity index is 1.38. The highest BCUT2D eigenvalue weighted by Gasteiger charge is 2.58. The van der Waals surface area contributed by atoms with Crippen molar-refractivity contribution in [1.29, 1.82) is 0 Å². The van der Waals surface area contributed by atoms with Gasteiger partial charge >= 0.3 is 0 Å². The fourth-order valence-corrected chi connectivity index (χ4v) is 4.86. The molecule has 5 rings (SSSR count). The topological polar surface area (TPSA) is 93.5 Å². The molecule has 9 nitrogen and oxygen atoms in total. The molecule has 0 radical (unpaired) electrons. The minimum absolute atomic E-state index is 0.00872. The van der Waals surface area contributed by atoms with Crippen molar-refractivity contribution in [3.05, 3.63) is 54.2 Å². The minimum atomic E-state index is -0.239. The van der Waals surface area contributed by atoms with Crippen LogP contribution in [0.1, 0.15) is 22.2 Å². The van der Waals surface area contributed by atoms with Crippen molar-refractivity contribution in [2.24, 2.45) is 12.5 Å². The van der Waals surface area contributed by atoms with Gasteiger partial charge in [0.05, 0.1) is 5.52 Å². The third kappa shape index (κ3) is 3.25. The van der Waals surface area contributed by atoms with Crippen molar-refractivity contribution in [3.8, 4) is 0 Å². The number of ether oxygens (including phenoxy) is 1. The number of fused-ring (bicyclic) bond motifs is 1. The highest BCUT2D eigenvalue weighted by molar-refractivity contribution is 5.95. The van der Waals surface area contributed by atoms with Crippen LogP contribution in [0.5, 0.6) is 0 Å². The van der Waals surface area contributed by atoms with E-state index in [4.69, 9.17) is 4.74 Å². The first-order valence-electron chi connectivity index (χ1n) is 10.3. The Kier molecular flexibility index (Phi) is 4.70. The second-order valence-corrected chi connectivity index (χ2v) is 8.47. The van der Waals surface area contributed by atoms with Crippen LogP contribution in [0.15, 0.2) is 42.7 Å². The second kappa shape index (κ2) is 7.42. The number of aromatic nitrogens is 4. The third-order valence-corrected chi connectivity index (χ3v) is 6.44. The van der Waals surface area contributed by atoms with Gasteiger partial charge in [-0.05, 0) is 12.1 Å². The molecule has 1 unspecified atom stereocenters. The summed E-state index contributed by atoms with van der Waals surface area (Å²) in [6, 6.07) is 11.5. The lowest BCUT2D eigenvalue weighted by Crippen LogP contribution is -2.62. The van der Waals surface area contributed by atoms with E-state index in [1.165, 1.54) is 7.11 Å². The summed E-state index contributed by atoms with van der Waals surface area (Å²) >= 11 is 0. The molecular weight excluding hydrogens is 396 g/mol. The summed E-state index contributed by atoms with van der Waals surface area (Å²) < 4.78 is 6.94. The molecule has 31 heavy (non-hydrogen) atoms. The first-order chi connectivity index (χ1) is 15.0. The van der Waals surface area contributed by atoms with E-state index in [-0.39, 0.29) is 29.8 Å². The van der Waals surface area contributed by atoms with Gasteiger partial charge in [0.25, 0.3) is 5.91 Å². The molecule has 0 aliphatic carbocycles. The van der Waals surface area contributed by atoms with Crippen molar-refractivity contribution >= 4 is 22.7 Å². The van der Waals surface area contributed by atoms with E-state index >= 15 is 0 Å². The van der Waals surface area contributed by atoms with Gasteiger partial charge < -0.3 is 19.1 Å². The molecule has 1 spiro atoms. The Hall–Kier alpha value is -3.33. The van der Waals surface area contributed by atoms with E-state index in [1.54, 1.807) is 12.4 Å². The molecule has 0 bridgehead atoms. The fraction of sp³-hybridized carbons (Fsp3) is 0.409. The molecule has 9 heteroatoms. The maximum absolute atomic E-state index is 13.1. The fourth-order valence-electron chi connectivity index (χ4n) is 4.86. The number of amides is 2. The molecule has 2 fully saturated rings. The minimum Gasteiger partial charge on any atom is -0.375 e. The summed E-state index contributed by atoms with van der Waals surface area (Å²) in [7, 11) is 3.42. The average Bonchev–Trinajstić information content (AvgIpc) is 3.35. The SMILES string of the molecule is COCC(=O)N1CC(c2nncn2C)C2(C1)CN(C(=O)c1ccc3ccccc3n1)C2. The molecule has 2 saturated heterocycles. The maximum Gasteiger partial charge on any atom is 0.272 e. The maximum atomic E-state index is 13.1. The third-order valence-electron chi connectivity index (χ3n) is 6.44. The summed E-state index contributed by atoms with van der Waals surface area (Å²) in [5.74, 6) is 0.709. The van der Waals surface area contributed by atoms with Crippen LogP contribution in [0.4, 0.5) is 0 Å². The molecule has 4 heterocycles. The molecule has 2 aliphatic heterocycles. The van der Waals surface area contributed by atoms with Gasteiger partial charge in [0.15, 0.2) is 0 Å². The number of likely N-dealkylation sites (tertiary alicyclic amines) is 2. The molecule has 2 aliphatic rings. The number of pyridine rings is 1. The van der Waals surface area contributed by atoms with Crippen molar-refractivity contribution in [2.45, 2.75) is 5.92 Å². The van der Waals surface area contributed by atoms with Crippen molar-refractivity contribution in [3.63, 3.8) is 0 Å². The van der Waals surface area contributed by atoms with Gasteiger partial charge in [-0.15, -0.1) is 10.2 Å². The van der Waals surface area contributed by atoms with E-state index in [1.807, 2.05) is 51.7 Å². The molecule has 2 aromatic heterocycles. The Labute approximate surface area is 179 Å². The number of methoxy groups -OCH3 is 1. The summed E-state index contributed by atoms with van der Waals surface area (Å²) in [5.41, 5.74) is 1.00. The molecule has 2 amide bonds. The van der Waals surface area contributed by atoms with Crippen LogP contribution in [0.2, 0.25) is 0 Å². The second-order valence-electron chi connectivity index (χ2n) is 8.47. The number of para-hydroxylation sites is 1. The van der Waals surface area contributed by atoms with E-state index in [0.29, 0.717) is 31.9 Å². The molecule has 3 aromatic rings. The quantitative estimate of drug-likeness (QED) is 0.627. The zero-order valence-corrected chi connectivity index (χ0v) is 17.6.